The molecule has 2 aliphatic rings. The highest BCUT2D eigenvalue weighted by molar-refractivity contribution is 5.93. The van der Waals surface area contributed by atoms with Crippen LogP contribution >= 0.6 is 0 Å². The lowest BCUT2D eigenvalue weighted by molar-refractivity contribution is 0.0890. The maximum Gasteiger partial charge on any atom is 0.270 e. The number of rotatable bonds is 8. The Hall–Kier alpha value is -1.82. The number of hydrogen-bond acceptors (Lipinski definition) is 5. The zero-order chi connectivity index (χ0) is 17.8. The average molecular weight is 347 g/mol. The van der Waals surface area contributed by atoms with Gasteiger partial charge < -0.3 is 20.1 Å². The van der Waals surface area contributed by atoms with Gasteiger partial charge in [0, 0.05) is 13.1 Å². The van der Waals surface area contributed by atoms with E-state index < -0.39 is 0 Å². The molecule has 1 saturated carbocycles. The normalized spacial score (nSPS) is 18.5. The summed E-state index contributed by atoms with van der Waals surface area (Å²) in [6.07, 6.45) is 4.78. The minimum Gasteiger partial charge on any atom is -0.476 e. The van der Waals surface area contributed by atoms with Gasteiger partial charge in [0.2, 0.25) is 5.88 Å². The first-order valence-corrected chi connectivity index (χ1v) is 9.39. The molecule has 1 aromatic rings. The van der Waals surface area contributed by atoms with Crippen LogP contribution in [0, 0.1) is 11.8 Å². The van der Waals surface area contributed by atoms with Gasteiger partial charge in [0.05, 0.1) is 24.9 Å². The van der Waals surface area contributed by atoms with E-state index in [0.717, 1.165) is 18.8 Å². The second kappa shape index (κ2) is 8.04. The largest absolute Gasteiger partial charge is 0.476 e. The van der Waals surface area contributed by atoms with Gasteiger partial charge in [-0.3, -0.25) is 4.79 Å². The summed E-state index contributed by atoms with van der Waals surface area (Å²) in [5.41, 5.74) is 1.32. The first-order valence-electron chi connectivity index (χ1n) is 9.39. The molecule has 2 N–H and O–H groups in total. The molecule has 25 heavy (non-hydrogen) atoms. The van der Waals surface area contributed by atoms with Gasteiger partial charge in [-0.15, -0.1) is 0 Å². The summed E-state index contributed by atoms with van der Waals surface area (Å²) in [6, 6.07) is 3.42. The number of aliphatic hydroxyl groups excluding tert-OH is 1. The van der Waals surface area contributed by atoms with E-state index in [-0.39, 0.29) is 24.5 Å². The van der Waals surface area contributed by atoms with Gasteiger partial charge in [0.15, 0.2) is 0 Å². The van der Waals surface area contributed by atoms with Gasteiger partial charge in [-0.05, 0) is 49.7 Å². The third-order valence-electron chi connectivity index (χ3n) is 4.99. The summed E-state index contributed by atoms with van der Waals surface area (Å²) in [4.78, 5) is 19.3. The summed E-state index contributed by atoms with van der Waals surface area (Å²) in [5.74, 6) is 1.08. The van der Waals surface area contributed by atoms with E-state index in [2.05, 4.69) is 15.2 Å². The van der Waals surface area contributed by atoms with Crippen LogP contribution in [0.2, 0.25) is 0 Å². The van der Waals surface area contributed by atoms with E-state index in [1.807, 2.05) is 19.9 Å². The molecular weight excluding hydrogens is 318 g/mol. The number of anilines is 1. The average Bonchev–Trinajstić information content (AvgIpc) is 3.28. The molecule has 1 aromatic heterocycles. The highest BCUT2D eigenvalue weighted by Gasteiger charge is 2.25. The van der Waals surface area contributed by atoms with Crippen molar-refractivity contribution in [1.29, 1.82) is 0 Å². The summed E-state index contributed by atoms with van der Waals surface area (Å²) < 4.78 is 5.96. The zero-order valence-electron chi connectivity index (χ0n) is 15.2. The molecule has 0 unspecified atom stereocenters. The van der Waals surface area contributed by atoms with Gasteiger partial charge >= 0.3 is 0 Å². The Morgan fingerprint density at radius 2 is 2.08 bits per heavy atom. The molecule has 1 atom stereocenters. The molecule has 3 rings (SSSR count). The summed E-state index contributed by atoms with van der Waals surface area (Å²) in [6.45, 7) is 6.54. The number of carbonyl (C=O) groups excluding carboxylic acids is 1. The Labute approximate surface area is 149 Å². The molecule has 6 nitrogen and oxygen atoms in total. The van der Waals surface area contributed by atoms with E-state index in [1.54, 1.807) is 6.07 Å². The molecule has 2 heterocycles. The maximum atomic E-state index is 12.5. The zero-order valence-corrected chi connectivity index (χ0v) is 15.2. The number of carbonyl (C=O) groups is 1. The highest BCUT2D eigenvalue weighted by Crippen LogP contribution is 2.33. The minimum atomic E-state index is -0.275. The molecule has 6 heteroatoms. The van der Waals surface area contributed by atoms with Gasteiger partial charge in [-0.1, -0.05) is 13.8 Å². The van der Waals surface area contributed by atoms with Gasteiger partial charge in [-0.2, -0.15) is 0 Å². The van der Waals surface area contributed by atoms with E-state index in [0.29, 0.717) is 24.1 Å². The summed E-state index contributed by atoms with van der Waals surface area (Å²) in [7, 11) is 0. The number of nitrogens with zero attached hydrogens (tertiary/aromatic N) is 2. The van der Waals surface area contributed by atoms with Crippen LogP contribution < -0.4 is 15.0 Å². The fraction of sp³-hybridized carbons (Fsp3) is 0.684. The number of aliphatic hydroxyl groups is 1. The van der Waals surface area contributed by atoms with Crippen LogP contribution in [0.25, 0.3) is 0 Å². The number of ether oxygens (including phenoxy) is 1. The van der Waals surface area contributed by atoms with Crippen LogP contribution in [0.3, 0.4) is 0 Å². The SMILES string of the molecule is CC(C)[C@@H](CO)NC(=O)c1ccc(N2CCCC2)c(OCC2CC2)n1. The Morgan fingerprint density at radius 1 is 1.36 bits per heavy atom. The second-order valence-corrected chi connectivity index (χ2v) is 7.48. The molecule has 1 aliphatic carbocycles. The monoisotopic (exact) mass is 347 g/mol. The van der Waals surface area contributed by atoms with Gasteiger partial charge in [-0.25, -0.2) is 4.98 Å². The number of amides is 1. The first kappa shape index (κ1) is 18.0. The van der Waals surface area contributed by atoms with Crippen LogP contribution in [0.4, 0.5) is 5.69 Å². The quantitative estimate of drug-likeness (QED) is 0.754. The molecule has 1 saturated heterocycles. The Balaban J connectivity index is 1.76. The fourth-order valence-corrected chi connectivity index (χ4v) is 3.01. The number of aromatic nitrogens is 1. The highest BCUT2D eigenvalue weighted by atomic mass is 16.5. The Kier molecular flexibility index (Phi) is 5.78. The second-order valence-electron chi connectivity index (χ2n) is 7.48. The molecule has 1 aliphatic heterocycles. The van der Waals surface area contributed by atoms with E-state index in [1.165, 1.54) is 25.7 Å². The summed E-state index contributed by atoms with van der Waals surface area (Å²) in [5, 5.41) is 12.3. The van der Waals surface area contributed by atoms with E-state index in [4.69, 9.17) is 4.74 Å². The number of nitrogens with one attached hydrogen (secondary N) is 1. The van der Waals surface area contributed by atoms with Crippen molar-refractivity contribution >= 4 is 11.6 Å². The third-order valence-corrected chi connectivity index (χ3v) is 4.99. The molecule has 138 valence electrons. The number of hydrogen-bond donors (Lipinski definition) is 2. The molecule has 0 aromatic carbocycles. The van der Waals surface area contributed by atoms with Crippen molar-refractivity contribution in [2.45, 2.75) is 45.6 Å². The lowest BCUT2D eigenvalue weighted by atomic mass is 10.1. The number of pyridine rings is 1. The van der Waals surface area contributed by atoms with Crippen LogP contribution in [-0.2, 0) is 0 Å². The lowest BCUT2D eigenvalue weighted by Crippen LogP contribution is -2.41. The van der Waals surface area contributed by atoms with Crippen molar-refractivity contribution in [1.82, 2.24) is 10.3 Å². The summed E-state index contributed by atoms with van der Waals surface area (Å²) >= 11 is 0. The van der Waals surface area contributed by atoms with E-state index >= 15 is 0 Å². The maximum absolute atomic E-state index is 12.5. The molecule has 0 spiro atoms. The smallest absolute Gasteiger partial charge is 0.270 e. The van der Waals surface area contributed by atoms with Crippen LogP contribution in [-0.4, -0.2) is 48.3 Å². The van der Waals surface area contributed by atoms with E-state index in [9.17, 15) is 9.90 Å². The van der Waals surface area contributed by atoms with Gasteiger partial charge in [0.25, 0.3) is 5.91 Å². The van der Waals surface area contributed by atoms with Crippen molar-refractivity contribution < 1.29 is 14.6 Å². The topological polar surface area (TPSA) is 74.7 Å². The van der Waals surface area contributed by atoms with Crippen molar-refractivity contribution in [3.05, 3.63) is 17.8 Å². The molecule has 0 bridgehead atoms. The fourth-order valence-electron chi connectivity index (χ4n) is 3.01. The molecule has 2 fully saturated rings. The van der Waals surface area contributed by atoms with Crippen LogP contribution in [0.15, 0.2) is 12.1 Å². The minimum absolute atomic E-state index is 0.0830. The van der Waals surface area contributed by atoms with Crippen molar-refractivity contribution in [2.24, 2.45) is 11.8 Å². The Morgan fingerprint density at radius 3 is 2.68 bits per heavy atom. The van der Waals surface area contributed by atoms with Crippen LogP contribution in [0.5, 0.6) is 5.88 Å². The van der Waals surface area contributed by atoms with Crippen LogP contribution in [0.1, 0.15) is 50.0 Å². The lowest BCUT2D eigenvalue weighted by Gasteiger charge is -2.22. The third kappa shape index (κ3) is 4.63. The van der Waals surface area contributed by atoms with Gasteiger partial charge in [0.1, 0.15) is 5.69 Å². The van der Waals surface area contributed by atoms with Crippen molar-refractivity contribution in [3.8, 4) is 5.88 Å². The Bertz CT molecular complexity index is 596. The standard InChI is InChI=1S/C19H29N3O3/c1-13(2)16(11-23)20-18(24)15-7-8-17(22-9-3-4-10-22)19(21-15)25-12-14-5-6-14/h7-8,13-14,16,23H,3-6,9-12H2,1-2H3,(H,20,24)/t16-/m1/s1. The molecule has 0 radical (unpaired) electrons. The predicted molar refractivity (Wildman–Crippen MR) is 97.1 cm³/mol. The van der Waals surface area contributed by atoms with Crippen molar-refractivity contribution in [3.63, 3.8) is 0 Å². The predicted octanol–water partition coefficient (Wildman–Crippen LogP) is 2.22. The molecular formula is C19H29N3O3. The van der Waals surface area contributed by atoms with Crippen molar-refractivity contribution in [2.75, 3.05) is 31.2 Å². The first-order chi connectivity index (χ1) is 12.1. The molecule has 1 amide bonds.